The number of ether oxygens (including phenoxy) is 1. The van der Waals surface area contributed by atoms with E-state index in [2.05, 4.69) is 0 Å². The fourth-order valence-electron chi connectivity index (χ4n) is 0.951. The van der Waals surface area contributed by atoms with Crippen LogP contribution in [0.3, 0.4) is 0 Å². The van der Waals surface area contributed by atoms with Gasteiger partial charge in [0.2, 0.25) is 6.33 Å². The van der Waals surface area contributed by atoms with Crippen LogP contribution >= 0.6 is 7.81 Å². The van der Waals surface area contributed by atoms with Gasteiger partial charge in [-0.05, 0) is 6.92 Å². The molecule has 1 rings (SSSR count). The molecule has 0 saturated carbocycles. The molecule has 4 nitrogen and oxygen atoms in total. The van der Waals surface area contributed by atoms with Gasteiger partial charge < -0.3 is 4.74 Å². The van der Waals surface area contributed by atoms with Crippen LogP contribution in [0, 0.1) is 0 Å². The molecule has 0 aliphatic rings. The van der Waals surface area contributed by atoms with E-state index in [4.69, 9.17) is 4.74 Å². The van der Waals surface area contributed by atoms with Crippen molar-refractivity contribution >= 4 is 13.8 Å². The van der Waals surface area contributed by atoms with Crippen molar-refractivity contribution in [1.82, 2.24) is 4.57 Å². The monoisotopic (exact) mass is 314 g/mol. The number of halogens is 6. The van der Waals surface area contributed by atoms with Gasteiger partial charge in [-0.25, -0.2) is 13.9 Å². The molecule has 1 aromatic rings. The van der Waals surface area contributed by atoms with Crippen molar-refractivity contribution in [3.05, 3.63) is 18.7 Å². The number of imidazole rings is 1. The van der Waals surface area contributed by atoms with Crippen LogP contribution < -0.4 is 4.57 Å². The molecule has 19 heavy (non-hydrogen) atoms. The Morgan fingerprint density at radius 3 is 2.05 bits per heavy atom. The molecule has 0 radical (unpaired) electrons. The Kier molecular flexibility index (Phi) is 4.65. The number of aryl methyl sites for hydroxylation is 1. The van der Waals surface area contributed by atoms with E-state index in [1.165, 1.54) is 0 Å². The summed E-state index contributed by atoms with van der Waals surface area (Å²) in [5, 5.41) is 0. The number of hydrogen-bond acceptors (Lipinski definition) is 2. The summed E-state index contributed by atoms with van der Waals surface area (Å²) in [5.41, 5.74) is 0. The molecule has 0 aliphatic carbocycles. The Bertz CT molecular complexity index is 429. The van der Waals surface area contributed by atoms with Crippen LogP contribution in [-0.4, -0.2) is 17.1 Å². The zero-order valence-electron chi connectivity index (χ0n) is 10.1. The topological polar surface area (TPSA) is 35.1 Å². The SMILES string of the molecule is CCOC(=O)Cn1cc[n+](C)c1.F[P-](F)(F)(F)(F)F. The van der Waals surface area contributed by atoms with Crippen LogP contribution in [0.1, 0.15) is 6.92 Å². The van der Waals surface area contributed by atoms with Gasteiger partial charge in [0, 0.05) is 0 Å². The van der Waals surface area contributed by atoms with E-state index in [1.807, 2.05) is 30.3 Å². The van der Waals surface area contributed by atoms with E-state index < -0.39 is 7.81 Å². The normalized spacial score (nSPS) is 14.7. The van der Waals surface area contributed by atoms with Crippen LogP contribution in [0.25, 0.3) is 0 Å². The van der Waals surface area contributed by atoms with Crippen molar-refractivity contribution in [2.24, 2.45) is 7.05 Å². The van der Waals surface area contributed by atoms with Crippen LogP contribution in [0.2, 0.25) is 0 Å². The van der Waals surface area contributed by atoms with E-state index in [0.29, 0.717) is 6.61 Å². The van der Waals surface area contributed by atoms with Gasteiger partial charge in [-0.1, -0.05) is 0 Å². The number of carbonyl (C=O) groups excluding carboxylic acids is 1. The molecule has 0 aliphatic heterocycles. The third-order valence-corrected chi connectivity index (χ3v) is 1.44. The molecular weight excluding hydrogens is 301 g/mol. The van der Waals surface area contributed by atoms with E-state index in [-0.39, 0.29) is 12.5 Å². The summed E-state index contributed by atoms with van der Waals surface area (Å²) in [6.45, 7) is 2.52. The zero-order chi connectivity index (χ0) is 15.4. The summed E-state index contributed by atoms with van der Waals surface area (Å²) in [6, 6.07) is 0. The van der Waals surface area contributed by atoms with E-state index >= 15 is 0 Å². The van der Waals surface area contributed by atoms with Gasteiger partial charge in [-0.3, -0.25) is 0 Å². The summed E-state index contributed by atoms with van der Waals surface area (Å²) < 4.78 is 67.6. The van der Waals surface area contributed by atoms with Crippen LogP contribution in [0.4, 0.5) is 25.2 Å². The first-order chi connectivity index (χ1) is 8.17. The summed E-state index contributed by atoms with van der Waals surface area (Å²) >= 11 is 0. The summed E-state index contributed by atoms with van der Waals surface area (Å²) in [6.07, 6.45) is 5.53. The molecule has 0 saturated heterocycles. The molecule has 0 aromatic carbocycles. The molecule has 0 fully saturated rings. The second-order valence-electron chi connectivity index (χ2n) is 3.51. The minimum absolute atomic E-state index is 0.200. The van der Waals surface area contributed by atoms with Crippen molar-refractivity contribution in [2.75, 3.05) is 6.61 Å². The van der Waals surface area contributed by atoms with Gasteiger partial charge in [0.25, 0.3) is 0 Å². The molecule has 0 bridgehead atoms. The second-order valence-corrected chi connectivity index (χ2v) is 5.43. The Morgan fingerprint density at radius 1 is 1.26 bits per heavy atom. The number of esters is 1. The summed E-state index contributed by atoms with van der Waals surface area (Å²) in [7, 11) is -8.75. The molecule has 0 amide bonds. The molecule has 1 aromatic heterocycles. The predicted octanol–water partition coefficient (Wildman–Crippen LogP) is 3.26. The molecule has 0 unspecified atom stereocenters. The third-order valence-electron chi connectivity index (χ3n) is 1.44. The van der Waals surface area contributed by atoms with Gasteiger partial charge in [0.15, 0.2) is 6.54 Å². The fraction of sp³-hybridized carbons (Fsp3) is 0.500. The molecule has 0 N–H and O–H groups in total. The van der Waals surface area contributed by atoms with Gasteiger partial charge in [0.1, 0.15) is 12.4 Å². The summed E-state index contributed by atoms with van der Waals surface area (Å²) in [4.78, 5) is 11.0. The van der Waals surface area contributed by atoms with Crippen molar-refractivity contribution < 1.29 is 39.3 Å². The summed E-state index contributed by atoms with van der Waals surface area (Å²) in [5.74, 6) is -0.200. The van der Waals surface area contributed by atoms with Gasteiger partial charge in [0.05, 0.1) is 13.7 Å². The number of carbonyl (C=O) groups is 1. The van der Waals surface area contributed by atoms with Crippen molar-refractivity contribution in [3.63, 3.8) is 0 Å². The van der Waals surface area contributed by atoms with E-state index in [0.717, 1.165) is 0 Å². The molecule has 0 spiro atoms. The van der Waals surface area contributed by atoms with Crippen molar-refractivity contribution in [2.45, 2.75) is 13.5 Å². The second kappa shape index (κ2) is 4.99. The molecule has 11 heteroatoms. The predicted molar refractivity (Wildman–Crippen MR) is 55.8 cm³/mol. The first kappa shape index (κ1) is 17.7. The number of nitrogens with zero attached hydrogens (tertiary/aromatic N) is 2. The van der Waals surface area contributed by atoms with E-state index in [1.54, 1.807) is 11.5 Å². The first-order valence-electron chi connectivity index (χ1n) is 4.90. The van der Waals surface area contributed by atoms with Crippen LogP contribution in [0.5, 0.6) is 0 Å². The quantitative estimate of drug-likeness (QED) is 0.371. The molecule has 114 valence electrons. The third kappa shape index (κ3) is 16.7. The maximum atomic E-state index is 11.0. The fourth-order valence-corrected chi connectivity index (χ4v) is 0.951. The molecule has 0 atom stereocenters. The molecule has 1 heterocycles. The van der Waals surface area contributed by atoms with Gasteiger partial charge in [-0.2, -0.15) is 0 Å². The average molecular weight is 314 g/mol. The number of hydrogen-bond donors (Lipinski definition) is 0. The van der Waals surface area contributed by atoms with Crippen LogP contribution in [0.15, 0.2) is 18.7 Å². The van der Waals surface area contributed by atoms with Gasteiger partial charge in [-0.15, -0.1) is 0 Å². The van der Waals surface area contributed by atoms with Crippen molar-refractivity contribution in [1.29, 1.82) is 0 Å². The number of rotatable bonds is 3. The first-order valence-corrected chi connectivity index (χ1v) is 6.93. The molecular formula is C8H13F6N2O2P. The zero-order valence-corrected chi connectivity index (χ0v) is 11.0. The van der Waals surface area contributed by atoms with Gasteiger partial charge >= 0.3 is 39.0 Å². The maximum absolute atomic E-state index is 11.0. The number of aromatic nitrogens is 2. The standard InChI is InChI=1S/C8H13N2O2.F6P/c1-3-12-8(11)6-10-5-4-9(2)7-10;1-7(2,3,4,5)6/h4-5,7H,3,6H2,1-2H3;/q+1;-1. The minimum atomic E-state index is -10.7. The average Bonchev–Trinajstić information content (AvgIpc) is 2.45. The van der Waals surface area contributed by atoms with Crippen LogP contribution in [-0.2, 0) is 23.1 Å². The Morgan fingerprint density at radius 2 is 1.74 bits per heavy atom. The van der Waals surface area contributed by atoms with E-state index in [9.17, 15) is 30.0 Å². The Labute approximate surface area is 104 Å². The van der Waals surface area contributed by atoms with Crippen molar-refractivity contribution in [3.8, 4) is 0 Å². The Balaban J connectivity index is 0.000000399. The Hall–Kier alpha value is -1.31.